The molecule has 1 saturated heterocycles. The standard InChI is InChI=1S/C23H28N4OS/c1-2-6-17(7-3-1)8-5-11-24-22-21-18-9-4-10-19(18)29-23(21)26-20(25-22)16-27-12-14-28-15-13-27/h1-3,6-7H,4-5,8-16H2,(H,24,25,26)/p+1. The molecule has 152 valence electrons. The molecule has 2 N–H and O–H groups in total. The number of fused-ring (bicyclic) bond motifs is 3. The van der Waals surface area contributed by atoms with Crippen molar-refractivity contribution in [2.75, 3.05) is 38.2 Å². The Hall–Kier alpha value is -2.02. The van der Waals surface area contributed by atoms with Gasteiger partial charge in [-0.2, -0.15) is 0 Å². The maximum atomic E-state index is 5.50. The molecule has 2 aromatic heterocycles. The minimum Gasteiger partial charge on any atom is -0.370 e. The maximum Gasteiger partial charge on any atom is 0.187 e. The molecule has 29 heavy (non-hydrogen) atoms. The van der Waals surface area contributed by atoms with Crippen LogP contribution in [-0.4, -0.2) is 42.8 Å². The van der Waals surface area contributed by atoms with E-state index < -0.39 is 0 Å². The summed E-state index contributed by atoms with van der Waals surface area (Å²) in [5, 5.41) is 4.97. The summed E-state index contributed by atoms with van der Waals surface area (Å²) >= 11 is 1.89. The highest BCUT2D eigenvalue weighted by Gasteiger charge is 2.24. The lowest BCUT2D eigenvalue weighted by Gasteiger charge is -2.23. The molecule has 5 rings (SSSR count). The molecule has 0 bridgehead atoms. The third kappa shape index (κ3) is 4.29. The highest BCUT2D eigenvalue weighted by Crippen LogP contribution is 2.39. The molecule has 0 unspecified atom stereocenters. The first-order valence-corrected chi connectivity index (χ1v) is 11.7. The molecule has 0 amide bonds. The van der Waals surface area contributed by atoms with E-state index in [9.17, 15) is 0 Å². The van der Waals surface area contributed by atoms with Gasteiger partial charge in [0.2, 0.25) is 0 Å². The van der Waals surface area contributed by atoms with E-state index in [0.717, 1.165) is 63.9 Å². The Morgan fingerprint density at radius 1 is 1.07 bits per heavy atom. The van der Waals surface area contributed by atoms with Crippen molar-refractivity contribution in [2.45, 2.75) is 38.6 Å². The number of hydrogen-bond donors (Lipinski definition) is 2. The number of ether oxygens (including phenoxy) is 1. The van der Waals surface area contributed by atoms with Gasteiger partial charge in [-0.25, -0.2) is 9.97 Å². The van der Waals surface area contributed by atoms with Gasteiger partial charge >= 0.3 is 0 Å². The van der Waals surface area contributed by atoms with E-state index in [1.54, 1.807) is 0 Å². The molecular formula is C23H29N4OS+. The zero-order chi connectivity index (χ0) is 19.5. The van der Waals surface area contributed by atoms with Crippen LogP contribution in [0, 0.1) is 0 Å². The van der Waals surface area contributed by atoms with Crippen LogP contribution >= 0.6 is 11.3 Å². The van der Waals surface area contributed by atoms with Crippen LogP contribution in [-0.2, 0) is 30.5 Å². The molecule has 1 aromatic carbocycles. The number of quaternary nitrogens is 1. The van der Waals surface area contributed by atoms with Crippen LogP contribution in [0.4, 0.5) is 5.82 Å². The quantitative estimate of drug-likeness (QED) is 0.589. The van der Waals surface area contributed by atoms with Gasteiger partial charge in [0.25, 0.3) is 0 Å². The van der Waals surface area contributed by atoms with Crippen molar-refractivity contribution in [1.29, 1.82) is 0 Å². The van der Waals surface area contributed by atoms with E-state index in [1.165, 1.54) is 50.4 Å². The summed E-state index contributed by atoms with van der Waals surface area (Å²) in [6, 6.07) is 10.7. The Morgan fingerprint density at radius 3 is 2.79 bits per heavy atom. The van der Waals surface area contributed by atoms with Crippen LogP contribution in [0.1, 0.15) is 34.7 Å². The SMILES string of the molecule is c1ccc(CCCNc2nc(C[NH+]3CCOCC3)nc3sc4c(c23)CCC4)cc1. The van der Waals surface area contributed by atoms with Gasteiger partial charge in [0.05, 0.1) is 18.6 Å². The van der Waals surface area contributed by atoms with Crippen molar-refractivity contribution < 1.29 is 9.64 Å². The first kappa shape index (κ1) is 19.0. The van der Waals surface area contributed by atoms with Gasteiger partial charge in [0.15, 0.2) is 5.82 Å². The minimum atomic E-state index is 0.843. The molecule has 1 aliphatic heterocycles. The number of thiophene rings is 1. The molecule has 5 nitrogen and oxygen atoms in total. The van der Waals surface area contributed by atoms with E-state index in [2.05, 4.69) is 35.6 Å². The average Bonchev–Trinajstić information content (AvgIpc) is 3.33. The minimum absolute atomic E-state index is 0.843. The van der Waals surface area contributed by atoms with Crippen LogP contribution in [0.15, 0.2) is 30.3 Å². The molecule has 3 heterocycles. The van der Waals surface area contributed by atoms with Gasteiger partial charge in [0.1, 0.15) is 30.3 Å². The predicted octanol–water partition coefficient (Wildman–Crippen LogP) is 2.64. The van der Waals surface area contributed by atoms with E-state index in [4.69, 9.17) is 14.7 Å². The molecule has 0 atom stereocenters. The normalized spacial score (nSPS) is 17.0. The average molecular weight is 410 g/mol. The van der Waals surface area contributed by atoms with E-state index >= 15 is 0 Å². The Balaban J connectivity index is 1.34. The van der Waals surface area contributed by atoms with Crippen molar-refractivity contribution in [2.24, 2.45) is 0 Å². The second-order valence-electron chi connectivity index (χ2n) is 8.08. The lowest BCUT2D eigenvalue weighted by molar-refractivity contribution is -0.922. The largest absolute Gasteiger partial charge is 0.370 e. The number of aryl methyl sites for hydroxylation is 3. The lowest BCUT2D eigenvalue weighted by atomic mass is 10.1. The fourth-order valence-electron chi connectivity index (χ4n) is 4.45. The summed E-state index contributed by atoms with van der Waals surface area (Å²) in [6.07, 6.45) is 5.84. The number of nitrogens with one attached hydrogen (secondary N) is 2. The summed E-state index contributed by atoms with van der Waals surface area (Å²) in [5.41, 5.74) is 2.90. The summed E-state index contributed by atoms with van der Waals surface area (Å²) in [6.45, 7) is 5.60. The third-order valence-electron chi connectivity index (χ3n) is 6.00. The molecule has 3 aromatic rings. The van der Waals surface area contributed by atoms with Crippen LogP contribution in [0.3, 0.4) is 0 Å². The Kier molecular flexibility index (Phi) is 5.74. The van der Waals surface area contributed by atoms with Gasteiger partial charge < -0.3 is 15.0 Å². The molecular weight excluding hydrogens is 380 g/mol. The third-order valence-corrected chi connectivity index (χ3v) is 7.18. The van der Waals surface area contributed by atoms with Gasteiger partial charge in [-0.05, 0) is 43.2 Å². The number of benzene rings is 1. The second kappa shape index (κ2) is 8.78. The van der Waals surface area contributed by atoms with Gasteiger partial charge in [0, 0.05) is 11.4 Å². The summed E-state index contributed by atoms with van der Waals surface area (Å²) < 4.78 is 5.50. The van der Waals surface area contributed by atoms with Gasteiger partial charge in [-0.15, -0.1) is 11.3 Å². The monoisotopic (exact) mass is 409 g/mol. The topological polar surface area (TPSA) is 51.5 Å². The number of morpholine rings is 1. The Morgan fingerprint density at radius 2 is 1.93 bits per heavy atom. The Bertz CT molecular complexity index is 966. The molecule has 6 heteroatoms. The van der Waals surface area contributed by atoms with Crippen molar-refractivity contribution in [1.82, 2.24) is 9.97 Å². The second-order valence-corrected chi connectivity index (χ2v) is 9.16. The molecule has 0 saturated carbocycles. The number of aromatic nitrogens is 2. The fraction of sp³-hybridized carbons (Fsp3) is 0.478. The molecule has 0 spiro atoms. The van der Waals surface area contributed by atoms with Gasteiger partial charge in [-0.1, -0.05) is 30.3 Å². The Labute approximate surface area is 176 Å². The van der Waals surface area contributed by atoms with Gasteiger partial charge in [-0.3, -0.25) is 0 Å². The summed E-state index contributed by atoms with van der Waals surface area (Å²) in [7, 11) is 0. The zero-order valence-corrected chi connectivity index (χ0v) is 17.7. The molecule has 0 radical (unpaired) electrons. The van der Waals surface area contributed by atoms with E-state index in [0.29, 0.717) is 0 Å². The van der Waals surface area contributed by atoms with Crippen LogP contribution in [0.5, 0.6) is 0 Å². The number of nitrogens with zero attached hydrogens (tertiary/aromatic N) is 2. The first-order chi connectivity index (χ1) is 14.4. The van der Waals surface area contributed by atoms with Crippen molar-refractivity contribution >= 4 is 27.4 Å². The number of hydrogen-bond acceptors (Lipinski definition) is 5. The van der Waals surface area contributed by atoms with Crippen LogP contribution in [0.2, 0.25) is 0 Å². The lowest BCUT2D eigenvalue weighted by Crippen LogP contribution is -3.12. The number of anilines is 1. The van der Waals surface area contributed by atoms with E-state index in [1.807, 2.05) is 11.3 Å². The maximum absolute atomic E-state index is 5.50. The van der Waals surface area contributed by atoms with E-state index in [-0.39, 0.29) is 0 Å². The predicted molar refractivity (Wildman–Crippen MR) is 118 cm³/mol. The highest BCUT2D eigenvalue weighted by atomic mass is 32.1. The number of rotatable bonds is 7. The summed E-state index contributed by atoms with van der Waals surface area (Å²) in [4.78, 5) is 14.2. The van der Waals surface area contributed by atoms with Crippen molar-refractivity contribution in [3.63, 3.8) is 0 Å². The fourth-order valence-corrected chi connectivity index (χ4v) is 5.73. The van der Waals surface area contributed by atoms with Crippen molar-refractivity contribution in [3.05, 3.63) is 52.2 Å². The zero-order valence-electron chi connectivity index (χ0n) is 16.9. The van der Waals surface area contributed by atoms with Crippen LogP contribution in [0.25, 0.3) is 10.2 Å². The van der Waals surface area contributed by atoms with Crippen molar-refractivity contribution in [3.8, 4) is 0 Å². The highest BCUT2D eigenvalue weighted by molar-refractivity contribution is 7.19. The first-order valence-electron chi connectivity index (χ1n) is 10.9. The molecule has 2 aliphatic rings. The molecule has 1 aliphatic carbocycles. The molecule has 1 fully saturated rings. The van der Waals surface area contributed by atoms with Crippen LogP contribution < -0.4 is 10.2 Å². The summed E-state index contributed by atoms with van der Waals surface area (Å²) in [5.74, 6) is 2.03. The smallest absolute Gasteiger partial charge is 0.187 e.